The van der Waals surface area contributed by atoms with Crippen molar-refractivity contribution in [3.63, 3.8) is 0 Å². The number of nitrogens with one attached hydrogen (secondary N) is 1. The molecule has 1 aromatic heterocycles. The van der Waals surface area contributed by atoms with E-state index in [0.717, 1.165) is 42.0 Å². The number of aromatic nitrogens is 2. The monoisotopic (exact) mass is 376 g/mol. The summed E-state index contributed by atoms with van der Waals surface area (Å²) in [4.78, 5) is 24.9. The molecule has 6 nitrogen and oxygen atoms in total. The molecule has 1 amide bonds. The lowest BCUT2D eigenvalue weighted by Gasteiger charge is -2.27. The van der Waals surface area contributed by atoms with E-state index in [9.17, 15) is 4.79 Å². The van der Waals surface area contributed by atoms with Crippen molar-refractivity contribution in [1.82, 2.24) is 19.8 Å². The SMILES string of the molecule is COc1ccc([C@H]2[C@@H]3CN(C(=O)c4ccc5nc[nH]c5c4)C[C@@H]3CN2C)cc1. The molecule has 0 spiro atoms. The van der Waals surface area contributed by atoms with Gasteiger partial charge in [0.05, 0.1) is 24.5 Å². The number of fused-ring (bicyclic) bond motifs is 2. The number of likely N-dealkylation sites (tertiary alicyclic amines) is 2. The van der Waals surface area contributed by atoms with Gasteiger partial charge in [-0.2, -0.15) is 0 Å². The second kappa shape index (κ2) is 6.63. The molecule has 0 bridgehead atoms. The fourth-order valence-electron chi connectivity index (χ4n) is 4.98. The maximum atomic E-state index is 13.1. The molecule has 2 aliphatic heterocycles. The first kappa shape index (κ1) is 17.3. The molecule has 144 valence electrons. The summed E-state index contributed by atoms with van der Waals surface area (Å²) in [6.07, 6.45) is 1.66. The van der Waals surface area contributed by atoms with Gasteiger partial charge in [-0.05, 0) is 48.9 Å². The number of carbonyl (C=O) groups is 1. The topological polar surface area (TPSA) is 61.5 Å². The van der Waals surface area contributed by atoms with Crippen molar-refractivity contribution in [2.75, 3.05) is 33.8 Å². The summed E-state index contributed by atoms with van der Waals surface area (Å²) in [6.45, 7) is 2.64. The number of nitrogens with zero attached hydrogens (tertiary/aromatic N) is 3. The van der Waals surface area contributed by atoms with Crippen molar-refractivity contribution in [1.29, 1.82) is 0 Å². The number of ether oxygens (including phenoxy) is 1. The lowest BCUT2D eigenvalue weighted by Crippen LogP contribution is -2.33. The summed E-state index contributed by atoms with van der Waals surface area (Å²) < 4.78 is 5.29. The quantitative estimate of drug-likeness (QED) is 0.763. The van der Waals surface area contributed by atoms with Gasteiger partial charge in [0.15, 0.2) is 0 Å². The lowest BCUT2D eigenvalue weighted by molar-refractivity contribution is 0.0768. The molecule has 5 rings (SSSR count). The highest BCUT2D eigenvalue weighted by Gasteiger charge is 2.47. The zero-order chi connectivity index (χ0) is 19.3. The first-order chi connectivity index (χ1) is 13.6. The molecular formula is C22H24N4O2. The van der Waals surface area contributed by atoms with Gasteiger partial charge in [0.1, 0.15) is 5.75 Å². The first-order valence-corrected chi connectivity index (χ1v) is 9.70. The average molecular weight is 376 g/mol. The van der Waals surface area contributed by atoms with Crippen LogP contribution in [0.5, 0.6) is 5.75 Å². The molecule has 0 aliphatic carbocycles. The van der Waals surface area contributed by atoms with Gasteiger partial charge in [-0.1, -0.05) is 12.1 Å². The summed E-state index contributed by atoms with van der Waals surface area (Å²) in [5.74, 6) is 1.95. The van der Waals surface area contributed by atoms with E-state index >= 15 is 0 Å². The number of H-pyrrole nitrogens is 1. The Balaban J connectivity index is 1.37. The smallest absolute Gasteiger partial charge is 0.253 e. The zero-order valence-electron chi connectivity index (χ0n) is 16.1. The lowest BCUT2D eigenvalue weighted by atomic mass is 9.89. The second-order valence-electron chi connectivity index (χ2n) is 7.93. The van der Waals surface area contributed by atoms with E-state index in [-0.39, 0.29) is 5.91 Å². The van der Waals surface area contributed by atoms with E-state index in [2.05, 4.69) is 34.0 Å². The number of methoxy groups -OCH3 is 1. The van der Waals surface area contributed by atoms with Crippen LogP contribution >= 0.6 is 0 Å². The molecule has 0 radical (unpaired) electrons. The summed E-state index contributed by atoms with van der Waals surface area (Å²) in [5, 5.41) is 0. The molecular weight excluding hydrogens is 352 g/mol. The van der Waals surface area contributed by atoms with E-state index < -0.39 is 0 Å². The standard InChI is InChI=1S/C22H24N4O2/c1-25-10-16-11-26(22(27)15-5-8-19-20(9-15)24-13-23-19)12-18(16)21(25)14-3-6-17(28-2)7-4-14/h3-9,13,16,18,21H,10-12H2,1-2H3,(H,23,24)/t16-,18+,21-/m0/s1. The predicted molar refractivity (Wildman–Crippen MR) is 107 cm³/mol. The molecule has 28 heavy (non-hydrogen) atoms. The maximum absolute atomic E-state index is 13.1. The molecule has 0 unspecified atom stereocenters. The van der Waals surface area contributed by atoms with Crippen LogP contribution in [-0.4, -0.2) is 59.5 Å². The van der Waals surface area contributed by atoms with Crippen LogP contribution in [0.1, 0.15) is 22.0 Å². The molecule has 2 fully saturated rings. The largest absolute Gasteiger partial charge is 0.497 e. The minimum Gasteiger partial charge on any atom is -0.497 e. The Labute approximate surface area is 164 Å². The van der Waals surface area contributed by atoms with Gasteiger partial charge in [-0.25, -0.2) is 4.98 Å². The van der Waals surface area contributed by atoms with Gasteiger partial charge in [0, 0.05) is 37.2 Å². The van der Waals surface area contributed by atoms with E-state index in [1.807, 2.05) is 35.2 Å². The summed E-state index contributed by atoms with van der Waals surface area (Å²) >= 11 is 0. The van der Waals surface area contributed by atoms with Gasteiger partial charge in [-0.15, -0.1) is 0 Å². The fourth-order valence-corrected chi connectivity index (χ4v) is 4.98. The molecule has 6 heteroatoms. The molecule has 2 saturated heterocycles. The Morgan fingerprint density at radius 2 is 1.96 bits per heavy atom. The molecule has 1 N–H and O–H groups in total. The number of amides is 1. The zero-order valence-corrected chi connectivity index (χ0v) is 16.1. The van der Waals surface area contributed by atoms with Crippen molar-refractivity contribution in [2.45, 2.75) is 6.04 Å². The van der Waals surface area contributed by atoms with Gasteiger partial charge in [0.2, 0.25) is 0 Å². The van der Waals surface area contributed by atoms with Crippen molar-refractivity contribution < 1.29 is 9.53 Å². The Bertz CT molecular complexity index is 1010. The van der Waals surface area contributed by atoms with E-state index in [4.69, 9.17) is 4.74 Å². The van der Waals surface area contributed by atoms with Crippen LogP contribution in [0.4, 0.5) is 0 Å². The maximum Gasteiger partial charge on any atom is 0.253 e. The highest BCUT2D eigenvalue weighted by molar-refractivity contribution is 5.97. The third-order valence-electron chi connectivity index (χ3n) is 6.31. The Morgan fingerprint density at radius 3 is 2.75 bits per heavy atom. The van der Waals surface area contributed by atoms with E-state index in [1.165, 1.54) is 5.56 Å². The predicted octanol–water partition coefficient (Wildman–Crippen LogP) is 2.95. The van der Waals surface area contributed by atoms with Gasteiger partial charge < -0.3 is 14.6 Å². The molecule has 3 atom stereocenters. The second-order valence-corrected chi connectivity index (χ2v) is 7.93. The minimum absolute atomic E-state index is 0.113. The van der Waals surface area contributed by atoms with Gasteiger partial charge >= 0.3 is 0 Å². The summed E-state index contributed by atoms with van der Waals surface area (Å²) in [6, 6.07) is 14.4. The first-order valence-electron chi connectivity index (χ1n) is 9.70. The van der Waals surface area contributed by atoms with Crippen molar-refractivity contribution in [2.24, 2.45) is 11.8 Å². The van der Waals surface area contributed by atoms with Gasteiger partial charge in [-0.3, -0.25) is 9.69 Å². The highest BCUT2D eigenvalue weighted by Crippen LogP contribution is 2.44. The Morgan fingerprint density at radius 1 is 1.14 bits per heavy atom. The van der Waals surface area contributed by atoms with Crippen LogP contribution in [-0.2, 0) is 0 Å². The molecule has 0 saturated carbocycles. The number of aromatic amines is 1. The Kier molecular flexibility index (Phi) is 4.09. The van der Waals surface area contributed by atoms with Crippen LogP contribution < -0.4 is 4.74 Å². The number of benzene rings is 2. The fraction of sp³-hybridized carbons (Fsp3) is 0.364. The van der Waals surface area contributed by atoms with Crippen LogP contribution in [0.3, 0.4) is 0 Å². The third-order valence-corrected chi connectivity index (χ3v) is 6.31. The Hall–Kier alpha value is -2.86. The van der Waals surface area contributed by atoms with Crippen molar-refractivity contribution in [3.05, 3.63) is 59.9 Å². The van der Waals surface area contributed by atoms with E-state index in [0.29, 0.717) is 17.9 Å². The van der Waals surface area contributed by atoms with E-state index in [1.54, 1.807) is 13.4 Å². The molecule has 3 heterocycles. The molecule has 2 aromatic carbocycles. The normalized spacial score (nSPS) is 24.6. The molecule has 2 aliphatic rings. The molecule has 3 aromatic rings. The van der Waals surface area contributed by atoms with Crippen LogP contribution in [0.2, 0.25) is 0 Å². The summed E-state index contributed by atoms with van der Waals surface area (Å²) in [7, 11) is 3.87. The average Bonchev–Trinajstić information content (AvgIpc) is 3.41. The minimum atomic E-state index is 0.113. The number of carbonyl (C=O) groups excluding carboxylic acids is 1. The van der Waals surface area contributed by atoms with Crippen LogP contribution in [0.15, 0.2) is 48.8 Å². The summed E-state index contributed by atoms with van der Waals surface area (Å²) in [5.41, 5.74) is 3.81. The highest BCUT2D eigenvalue weighted by atomic mass is 16.5. The van der Waals surface area contributed by atoms with Crippen LogP contribution in [0, 0.1) is 11.8 Å². The number of hydrogen-bond donors (Lipinski definition) is 1. The van der Waals surface area contributed by atoms with Crippen molar-refractivity contribution >= 4 is 16.9 Å². The third kappa shape index (κ3) is 2.76. The van der Waals surface area contributed by atoms with Gasteiger partial charge in [0.25, 0.3) is 5.91 Å². The number of rotatable bonds is 3. The van der Waals surface area contributed by atoms with Crippen molar-refractivity contribution in [3.8, 4) is 5.75 Å². The number of imidazole rings is 1. The number of hydrogen-bond acceptors (Lipinski definition) is 4. The van der Waals surface area contributed by atoms with Crippen LogP contribution in [0.25, 0.3) is 11.0 Å².